The van der Waals surface area contributed by atoms with Gasteiger partial charge in [0.2, 0.25) is 17.7 Å². The van der Waals surface area contributed by atoms with Gasteiger partial charge in [0.25, 0.3) is 5.69 Å². The third-order valence-corrected chi connectivity index (χ3v) is 5.23. The molecule has 0 radical (unpaired) electrons. The van der Waals surface area contributed by atoms with Gasteiger partial charge in [-0.2, -0.15) is 0 Å². The molecule has 0 unspecified atom stereocenters. The molecule has 1 heterocycles. The van der Waals surface area contributed by atoms with E-state index in [-0.39, 0.29) is 47.7 Å². The van der Waals surface area contributed by atoms with Gasteiger partial charge in [-0.15, -0.1) is 0 Å². The monoisotopic (exact) mass is 341 g/mol. The fourth-order valence-electron chi connectivity index (χ4n) is 4.13. The molecule has 0 aromatic heterocycles. The van der Waals surface area contributed by atoms with Gasteiger partial charge < -0.3 is 5.32 Å². The Hall–Kier alpha value is -3.03. The Morgan fingerprint density at radius 1 is 1.12 bits per heavy atom. The number of carbonyl (C=O) groups excluding carboxylic acids is 3. The van der Waals surface area contributed by atoms with Crippen molar-refractivity contribution in [2.24, 2.45) is 23.7 Å². The van der Waals surface area contributed by atoms with Crippen LogP contribution in [-0.2, 0) is 14.4 Å². The maximum atomic E-state index is 12.5. The molecule has 8 heteroatoms. The van der Waals surface area contributed by atoms with Crippen LogP contribution in [0.3, 0.4) is 0 Å². The summed E-state index contributed by atoms with van der Waals surface area (Å²) < 4.78 is 0. The molecule has 0 spiro atoms. The van der Waals surface area contributed by atoms with Crippen molar-refractivity contribution in [1.29, 1.82) is 0 Å². The van der Waals surface area contributed by atoms with Crippen molar-refractivity contribution >= 4 is 29.1 Å². The van der Waals surface area contributed by atoms with E-state index in [1.54, 1.807) is 0 Å². The van der Waals surface area contributed by atoms with E-state index >= 15 is 0 Å². The highest BCUT2D eigenvalue weighted by molar-refractivity contribution is 6.09. The standard InChI is InChI=1S/C17H15N3O5/c21-13(18-11-3-5-12(6-4-11)20(24)25)8-19-16(22)14-9-1-2-10(7-9)15(14)17(19)23/h1-6,9-10,14-15H,7-8H2,(H,18,21)/t9-,10-,14-,15+/m0/s1. The highest BCUT2D eigenvalue weighted by atomic mass is 16.6. The number of rotatable bonds is 4. The van der Waals surface area contributed by atoms with Crippen LogP contribution >= 0.6 is 0 Å². The molecule has 1 saturated carbocycles. The zero-order valence-corrected chi connectivity index (χ0v) is 13.1. The Morgan fingerprint density at radius 3 is 2.20 bits per heavy atom. The van der Waals surface area contributed by atoms with Gasteiger partial charge in [-0.3, -0.25) is 29.4 Å². The lowest BCUT2D eigenvalue weighted by Crippen LogP contribution is -2.39. The number of amides is 3. The van der Waals surface area contributed by atoms with Crippen LogP contribution < -0.4 is 5.32 Å². The van der Waals surface area contributed by atoms with Gasteiger partial charge in [-0.25, -0.2) is 0 Å². The second-order valence-electron chi connectivity index (χ2n) is 6.61. The summed E-state index contributed by atoms with van der Waals surface area (Å²) in [5.41, 5.74) is 0.287. The Kier molecular flexibility index (Phi) is 3.41. The smallest absolute Gasteiger partial charge is 0.269 e. The topological polar surface area (TPSA) is 110 Å². The number of non-ortho nitro benzene ring substituents is 1. The normalized spacial score (nSPS) is 29.2. The molecule has 2 bridgehead atoms. The summed E-state index contributed by atoms with van der Waals surface area (Å²) in [5.74, 6) is -1.49. The van der Waals surface area contributed by atoms with Gasteiger partial charge in [0, 0.05) is 17.8 Å². The summed E-state index contributed by atoms with van der Waals surface area (Å²) in [6, 6.07) is 5.36. The number of hydrogen-bond acceptors (Lipinski definition) is 5. The molecule has 3 amide bonds. The molecular weight excluding hydrogens is 326 g/mol. The molecule has 1 N–H and O–H groups in total. The van der Waals surface area contributed by atoms with Crippen LogP contribution in [0.25, 0.3) is 0 Å². The Bertz CT molecular complexity index is 786. The summed E-state index contributed by atoms with van der Waals surface area (Å²) in [6.45, 7) is -0.332. The maximum absolute atomic E-state index is 12.5. The number of hydrogen-bond donors (Lipinski definition) is 1. The van der Waals surface area contributed by atoms with Gasteiger partial charge in [0.1, 0.15) is 6.54 Å². The first kappa shape index (κ1) is 15.5. The van der Waals surface area contributed by atoms with Gasteiger partial charge in [-0.1, -0.05) is 12.2 Å². The van der Waals surface area contributed by atoms with Gasteiger partial charge in [0.15, 0.2) is 0 Å². The lowest BCUT2D eigenvalue weighted by atomic mass is 9.85. The van der Waals surface area contributed by atoms with Crippen LogP contribution in [-0.4, -0.2) is 34.1 Å². The third kappa shape index (κ3) is 2.41. The van der Waals surface area contributed by atoms with Gasteiger partial charge >= 0.3 is 0 Å². The van der Waals surface area contributed by atoms with E-state index in [9.17, 15) is 24.5 Å². The minimum atomic E-state index is -0.533. The number of allylic oxidation sites excluding steroid dienone is 2. The lowest BCUT2D eigenvalue weighted by molar-refractivity contribution is -0.384. The molecule has 2 fully saturated rings. The number of likely N-dealkylation sites (tertiary alicyclic amines) is 1. The molecule has 1 saturated heterocycles. The molecule has 4 atom stereocenters. The number of fused-ring (bicyclic) bond motifs is 5. The van der Waals surface area contributed by atoms with E-state index in [2.05, 4.69) is 5.32 Å². The van der Waals surface area contributed by atoms with Crippen molar-refractivity contribution in [2.45, 2.75) is 6.42 Å². The first-order valence-corrected chi connectivity index (χ1v) is 8.03. The number of nitro benzene ring substituents is 1. The average Bonchev–Trinajstić information content (AvgIpc) is 3.25. The van der Waals surface area contributed by atoms with Crippen molar-refractivity contribution < 1.29 is 19.3 Å². The van der Waals surface area contributed by atoms with Crippen molar-refractivity contribution in [3.8, 4) is 0 Å². The predicted octanol–water partition coefficient (Wildman–Crippen LogP) is 1.34. The van der Waals surface area contributed by atoms with E-state index in [0.717, 1.165) is 11.3 Å². The molecule has 2 aliphatic carbocycles. The zero-order chi connectivity index (χ0) is 17.7. The second kappa shape index (κ2) is 5.51. The minimum absolute atomic E-state index is 0.0845. The van der Waals surface area contributed by atoms with E-state index in [0.29, 0.717) is 5.69 Å². The SMILES string of the molecule is O=C(CN1C(=O)[C@@H]2[C@H](C1=O)[C@H]1C=C[C@H]2C1)Nc1ccc([N+](=O)[O-])cc1. The van der Waals surface area contributed by atoms with Crippen molar-refractivity contribution in [1.82, 2.24) is 4.90 Å². The minimum Gasteiger partial charge on any atom is -0.325 e. The molecule has 128 valence electrons. The van der Waals surface area contributed by atoms with E-state index in [1.807, 2.05) is 12.2 Å². The molecule has 1 aliphatic heterocycles. The highest BCUT2D eigenvalue weighted by Crippen LogP contribution is 2.52. The largest absolute Gasteiger partial charge is 0.325 e. The molecule has 25 heavy (non-hydrogen) atoms. The molecule has 4 rings (SSSR count). The first-order valence-electron chi connectivity index (χ1n) is 8.03. The highest BCUT2D eigenvalue weighted by Gasteiger charge is 2.59. The van der Waals surface area contributed by atoms with Gasteiger partial charge in [0.05, 0.1) is 16.8 Å². The van der Waals surface area contributed by atoms with E-state index in [4.69, 9.17) is 0 Å². The van der Waals surface area contributed by atoms with Crippen LogP contribution in [0.4, 0.5) is 11.4 Å². The third-order valence-electron chi connectivity index (χ3n) is 5.23. The fraction of sp³-hybridized carbons (Fsp3) is 0.353. The fourth-order valence-corrected chi connectivity index (χ4v) is 4.13. The number of imide groups is 1. The summed E-state index contributed by atoms with van der Waals surface area (Å²) in [7, 11) is 0. The van der Waals surface area contributed by atoms with E-state index in [1.165, 1.54) is 24.3 Å². The average molecular weight is 341 g/mol. The summed E-state index contributed by atoms with van der Waals surface area (Å²) in [4.78, 5) is 48.3. The maximum Gasteiger partial charge on any atom is 0.269 e. The van der Waals surface area contributed by atoms with Crippen LogP contribution in [0, 0.1) is 33.8 Å². The van der Waals surface area contributed by atoms with Gasteiger partial charge in [-0.05, 0) is 30.4 Å². The molecule has 8 nitrogen and oxygen atoms in total. The Labute approximate surface area is 142 Å². The van der Waals surface area contributed by atoms with Crippen LogP contribution in [0.1, 0.15) is 6.42 Å². The summed E-state index contributed by atoms with van der Waals surface area (Å²) in [5, 5.41) is 13.2. The van der Waals surface area contributed by atoms with Crippen molar-refractivity contribution in [3.05, 3.63) is 46.5 Å². The van der Waals surface area contributed by atoms with Crippen LogP contribution in [0.5, 0.6) is 0 Å². The first-order chi connectivity index (χ1) is 12.0. The molecule has 3 aliphatic rings. The second-order valence-corrected chi connectivity index (χ2v) is 6.61. The number of benzene rings is 1. The van der Waals surface area contributed by atoms with E-state index < -0.39 is 10.8 Å². The molecule has 1 aromatic carbocycles. The van der Waals surface area contributed by atoms with Crippen molar-refractivity contribution in [3.63, 3.8) is 0 Å². The lowest BCUT2D eigenvalue weighted by Gasteiger charge is -2.16. The van der Waals surface area contributed by atoms with Crippen molar-refractivity contribution in [2.75, 3.05) is 11.9 Å². The summed E-state index contributed by atoms with van der Waals surface area (Å²) in [6.07, 6.45) is 4.84. The number of anilines is 1. The quantitative estimate of drug-likeness (QED) is 0.385. The summed E-state index contributed by atoms with van der Waals surface area (Å²) >= 11 is 0. The molecule has 1 aromatic rings. The Morgan fingerprint density at radius 2 is 1.68 bits per heavy atom. The molecular formula is C17H15N3O5. The number of nitrogens with one attached hydrogen (secondary N) is 1. The van der Waals surface area contributed by atoms with Crippen LogP contribution in [0.15, 0.2) is 36.4 Å². The number of carbonyl (C=O) groups is 3. The Balaban J connectivity index is 1.42. The van der Waals surface area contributed by atoms with Crippen LogP contribution in [0.2, 0.25) is 0 Å². The zero-order valence-electron chi connectivity index (χ0n) is 13.1. The number of nitro groups is 1. The number of nitrogens with zero attached hydrogens (tertiary/aromatic N) is 2. The predicted molar refractivity (Wildman–Crippen MR) is 86.2 cm³/mol.